The molecule has 172 valence electrons. The van der Waals surface area contributed by atoms with Crippen LogP contribution in [-0.2, 0) is 4.79 Å². The summed E-state index contributed by atoms with van der Waals surface area (Å²) in [6.45, 7) is 4.62. The normalized spacial score (nSPS) is 11.2. The average molecular weight is 554 g/mol. The Morgan fingerprint density at radius 1 is 1.15 bits per heavy atom. The van der Waals surface area contributed by atoms with E-state index in [-0.39, 0.29) is 27.8 Å². The van der Waals surface area contributed by atoms with Gasteiger partial charge < -0.3 is 16.4 Å². The lowest BCUT2D eigenvalue weighted by molar-refractivity contribution is -0.122. The number of pyridine rings is 1. The maximum Gasteiger partial charge on any atom is 0.274 e. The highest BCUT2D eigenvalue weighted by atomic mass is 79.9. The van der Waals surface area contributed by atoms with Crippen LogP contribution in [0.5, 0.6) is 0 Å². The molecule has 3 aromatic rings. The van der Waals surface area contributed by atoms with E-state index in [1.807, 2.05) is 0 Å². The fourth-order valence-electron chi connectivity index (χ4n) is 2.89. The van der Waals surface area contributed by atoms with Crippen LogP contribution in [0.4, 0.5) is 5.69 Å². The van der Waals surface area contributed by atoms with Crippen LogP contribution in [-0.4, -0.2) is 38.0 Å². The lowest BCUT2D eigenvalue weighted by Gasteiger charge is -2.23. The first-order chi connectivity index (χ1) is 15.4. The third-order valence-corrected chi connectivity index (χ3v) is 5.58. The van der Waals surface area contributed by atoms with Gasteiger partial charge in [-0.05, 0) is 66.5 Å². The van der Waals surface area contributed by atoms with E-state index in [1.54, 1.807) is 25.1 Å². The van der Waals surface area contributed by atoms with Gasteiger partial charge in [0.1, 0.15) is 15.8 Å². The van der Waals surface area contributed by atoms with Crippen molar-refractivity contribution < 1.29 is 14.4 Å². The lowest BCUT2D eigenvalue weighted by atomic mass is 10.0. The third kappa shape index (κ3) is 5.35. The second-order valence-electron chi connectivity index (χ2n) is 7.62. The van der Waals surface area contributed by atoms with E-state index < -0.39 is 23.3 Å². The fourth-order valence-corrected chi connectivity index (χ4v) is 3.74. The lowest BCUT2D eigenvalue weighted by Crippen LogP contribution is -2.53. The number of nitrogens with zero attached hydrogens (tertiary/aromatic N) is 3. The van der Waals surface area contributed by atoms with Gasteiger partial charge in [-0.1, -0.05) is 23.2 Å². The van der Waals surface area contributed by atoms with Gasteiger partial charge in [0.2, 0.25) is 5.91 Å². The van der Waals surface area contributed by atoms with Crippen LogP contribution in [0, 0.1) is 6.92 Å². The molecule has 0 bridgehead atoms. The average Bonchev–Trinajstić information content (AvgIpc) is 3.11. The van der Waals surface area contributed by atoms with Gasteiger partial charge >= 0.3 is 0 Å². The molecule has 0 spiro atoms. The number of nitrogens with one attached hydrogen (secondary N) is 2. The van der Waals surface area contributed by atoms with E-state index in [4.69, 9.17) is 28.9 Å². The number of aryl methyl sites for hydroxylation is 1. The zero-order valence-corrected chi connectivity index (χ0v) is 20.8. The van der Waals surface area contributed by atoms with E-state index in [2.05, 4.69) is 36.6 Å². The van der Waals surface area contributed by atoms with Crippen LogP contribution in [0.15, 0.2) is 41.1 Å². The molecule has 0 atom stereocenters. The summed E-state index contributed by atoms with van der Waals surface area (Å²) in [6.07, 6.45) is 1.52. The van der Waals surface area contributed by atoms with E-state index in [9.17, 15) is 14.4 Å². The van der Waals surface area contributed by atoms with Gasteiger partial charge in [-0.2, -0.15) is 5.10 Å². The first-order valence-corrected chi connectivity index (χ1v) is 11.1. The van der Waals surface area contributed by atoms with Gasteiger partial charge in [-0.15, -0.1) is 0 Å². The number of anilines is 1. The van der Waals surface area contributed by atoms with Crippen molar-refractivity contribution in [3.63, 3.8) is 0 Å². The molecule has 2 aromatic heterocycles. The standard InChI is InChI=1S/C21H19BrCl2N6O3/c1-10-7-11(23)8-12(18(31)28-21(2,3)20(25)33)16(10)27-19(32)14-9-15(22)29-30(14)17-13(24)5-4-6-26-17/h4-9H,1-3H3,(H2,25,33)(H,27,32)(H,28,31). The number of primary amides is 1. The summed E-state index contributed by atoms with van der Waals surface area (Å²) < 4.78 is 1.66. The van der Waals surface area contributed by atoms with Crippen LogP contribution in [0.25, 0.3) is 5.82 Å². The molecule has 1 aromatic carbocycles. The molecular weight excluding hydrogens is 535 g/mol. The summed E-state index contributed by atoms with van der Waals surface area (Å²) in [5, 5.41) is 10.1. The number of hydrogen-bond donors (Lipinski definition) is 3. The Hall–Kier alpha value is -2.95. The molecule has 3 rings (SSSR count). The molecule has 0 aliphatic carbocycles. The van der Waals surface area contributed by atoms with Crippen molar-refractivity contribution in [3.05, 3.63) is 68.0 Å². The Morgan fingerprint density at radius 3 is 2.48 bits per heavy atom. The monoisotopic (exact) mass is 552 g/mol. The molecule has 0 radical (unpaired) electrons. The number of benzene rings is 1. The minimum Gasteiger partial charge on any atom is -0.368 e. The minimum atomic E-state index is -1.33. The Bertz CT molecular complexity index is 1270. The summed E-state index contributed by atoms with van der Waals surface area (Å²) >= 11 is 15.6. The predicted molar refractivity (Wildman–Crippen MR) is 129 cm³/mol. The number of aromatic nitrogens is 3. The molecule has 9 nitrogen and oxygen atoms in total. The van der Waals surface area contributed by atoms with Gasteiger partial charge in [0.15, 0.2) is 5.82 Å². The number of rotatable bonds is 6. The molecule has 2 heterocycles. The molecule has 0 unspecified atom stereocenters. The SMILES string of the molecule is Cc1cc(Cl)cc(C(=O)NC(C)(C)C(N)=O)c1NC(=O)c1cc(Br)nn1-c1ncccc1Cl. The zero-order chi connectivity index (χ0) is 24.5. The first kappa shape index (κ1) is 24.7. The number of hydrogen-bond acceptors (Lipinski definition) is 5. The topological polar surface area (TPSA) is 132 Å². The Balaban J connectivity index is 2.02. The van der Waals surface area contributed by atoms with Gasteiger partial charge in [-0.25, -0.2) is 9.67 Å². The Labute approximate surface area is 207 Å². The van der Waals surface area contributed by atoms with Crippen molar-refractivity contribution in [2.24, 2.45) is 5.73 Å². The highest BCUT2D eigenvalue weighted by Crippen LogP contribution is 2.28. The van der Waals surface area contributed by atoms with Crippen LogP contribution in [0.2, 0.25) is 10.0 Å². The highest BCUT2D eigenvalue weighted by Gasteiger charge is 2.29. The Morgan fingerprint density at radius 2 is 1.85 bits per heavy atom. The summed E-state index contributed by atoms with van der Waals surface area (Å²) in [5.74, 6) is -1.68. The molecule has 33 heavy (non-hydrogen) atoms. The van der Waals surface area contributed by atoms with Crippen molar-refractivity contribution in [2.45, 2.75) is 26.3 Å². The van der Waals surface area contributed by atoms with Crippen molar-refractivity contribution in [3.8, 4) is 5.82 Å². The van der Waals surface area contributed by atoms with Crippen molar-refractivity contribution in [1.29, 1.82) is 0 Å². The molecule has 0 saturated carbocycles. The quantitative estimate of drug-likeness (QED) is 0.426. The van der Waals surface area contributed by atoms with Crippen LogP contribution in [0.3, 0.4) is 0 Å². The summed E-state index contributed by atoms with van der Waals surface area (Å²) in [7, 11) is 0. The molecule has 12 heteroatoms. The molecule has 4 N–H and O–H groups in total. The maximum absolute atomic E-state index is 13.2. The van der Waals surface area contributed by atoms with Crippen molar-refractivity contribution in [2.75, 3.05) is 5.32 Å². The number of carbonyl (C=O) groups is 3. The number of amides is 3. The third-order valence-electron chi connectivity index (χ3n) is 4.68. The maximum atomic E-state index is 13.2. The van der Waals surface area contributed by atoms with Crippen LogP contribution < -0.4 is 16.4 Å². The first-order valence-electron chi connectivity index (χ1n) is 9.51. The Kier molecular flexibility index (Phi) is 7.11. The number of carbonyl (C=O) groups excluding carboxylic acids is 3. The zero-order valence-electron chi connectivity index (χ0n) is 17.7. The fraction of sp³-hybridized carbons (Fsp3) is 0.190. The second-order valence-corrected chi connectivity index (χ2v) is 9.27. The predicted octanol–water partition coefficient (Wildman–Crippen LogP) is 3.89. The molecule has 3 amide bonds. The van der Waals surface area contributed by atoms with Crippen LogP contribution in [0.1, 0.15) is 40.3 Å². The molecule has 0 aliphatic rings. The van der Waals surface area contributed by atoms with E-state index in [0.717, 1.165) is 0 Å². The summed E-state index contributed by atoms with van der Waals surface area (Å²) in [5.41, 5.74) is 4.94. The van der Waals surface area contributed by atoms with Crippen molar-refractivity contribution in [1.82, 2.24) is 20.1 Å². The highest BCUT2D eigenvalue weighted by molar-refractivity contribution is 9.10. The van der Waals surface area contributed by atoms with Gasteiger partial charge in [0.25, 0.3) is 11.8 Å². The molecule has 0 saturated heterocycles. The number of halogens is 3. The van der Waals surface area contributed by atoms with Gasteiger partial charge in [-0.3, -0.25) is 14.4 Å². The smallest absolute Gasteiger partial charge is 0.274 e. The largest absolute Gasteiger partial charge is 0.368 e. The molecular formula is C21H19BrCl2N6O3. The van der Waals surface area contributed by atoms with Gasteiger partial charge in [0, 0.05) is 17.3 Å². The van der Waals surface area contributed by atoms with Crippen LogP contribution >= 0.6 is 39.1 Å². The summed E-state index contributed by atoms with van der Waals surface area (Å²) in [4.78, 5) is 42.0. The van der Waals surface area contributed by atoms with E-state index in [1.165, 1.54) is 36.9 Å². The summed E-state index contributed by atoms with van der Waals surface area (Å²) in [6, 6.07) is 7.74. The van der Waals surface area contributed by atoms with Crippen molar-refractivity contribution >= 4 is 62.5 Å². The van der Waals surface area contributed by atoms with E-state index in [0.29, 0.717) is 15.2 Å². The second kappa shape index (κ2) is 9.50. The minimum absolute atomic E-state index is 0.0590. The number of nitrogens with two attached hydrogens (primary N) is 1. The van der Waals surface area contributed by atoms with Gasteiger partial charge in [0.05, 0.1) is 16.3 Å². The molecule has 0 fully saturated rings. The van der Waals surface area contributed by atoms with E-state index >= 15 is 0 Å². The molecule has 0 aliphatic heterocycles.